The molecule has 0 fully saturated rings. The Morgan fingerprint density at radius 3 is 1.88 bits per heavy atom. The highest BCUT2D eigenvalue weighted by Crippen LogP contribution is 2.16. The SMILES string of the molecule is CC.CC(C)(P)OC(N)=O.Cc1ccc(C[C@@H](C)C(=O)OC(C)C)cc1. The maximum Gasteiger partial charge on any atom is 0.405 e. The van der Waals surface area contributed by atoms with Gasteiger partial charge in [-0.1, -0.05) is 59.8 Å². The van der Waals surface area contributed by atoms with Crippen LogP contribution in [0, 0.1) is 12.8 Å². The topological polar surface area (TPSA) is 78.6 Å². The van der Waals surface area contributed by atoms with Gasteiger partial charge in [-0.3, -0.25) is 4.79 Å². The second-order valence-electron chi connectivity index (χ2n) is 6.60. The van der Waals surface area contributed by atoms with Gasteiger partial charge >= 0.3 is 12.1 Å². The van der Waals surface area contributed by atoms with Gasteiger partial charge in [0.1, 0.15) is 5.34 Å². The molecule has 1 aromatic rings. The van der Waals surface area contributed by atoms with E-state index in [0.29, 0.717) is 0 Å². The molecule has 5 nitrogen and oxygen atoms in total. The number of hydrogen-bond donors (Lipinski definition) is 1. The standard InChI is InChI=1S/C14H20O2.C4H10NO2P.C2H6/c1-10(2)16-14(15)12(4)9-13-7-5-11(3)6-8-13;1-4(2,8)7-3(5)6;1-2/h5-8,10,12H,9H2,1-4H3;8H2,1-2H3,(H2,5,6);1-2H3/t12-;;/m1../s1. The van der Waals surface area contributed by atoms with Gasteiger partial charge < -0.3 is 15.2 Å². The van der Waals surface area contributed by atoms with Crippen molar-refractivity contribution < 1.29 is 19.1 Å². The number of hydrogen-bond acceptors (Lipinski definition) is 4. The average molecular weight is 385 g/mol. The maximum absolute atomic E-state index is 11.6. The molecule has 0 aliphatic rings. The van der Waals surface area contributed by atoms with Crippen molar-refractivity contribution in [3.05, 3.63) is 35.4 Å². The number of carbonyl (C=O) groups excluding carboxylic acids is 2. The molecule has 6 heteroatoms. The molecule has 0 saturated carbocycles. The third-order valence-electron chi connectivity index (χ3n) is 2.78. The molecule has 0 aliphatic heterocycles. The van der Waals surface area contributed by atoms with Crippen LogP contribution in [0.25, 0.3) is 0 Å². The molecule has 1 rings (SSSR count). The van der Waals surface area contributed by atoms with Crippen molar-refractivity contribution in [3.63, 3.8) is 0 Å². The summed E-state index contributed by atoms with van der Waals surface area (Å²) < 4.78 is 9.71. The van der Waals surface area contributed by atoms with E-state index < -0.39 is 11.4 Å². The number of primary amides is 1. The summed E-state index contributed by atoms with van der Waals surface area (Å²) in [7, 11) is 2.34. The minimum Gasteiger partial charge on any atom is -0.463 e. The van der Waals surface area contributed by atoms with Crippen LogP contribution in [-0.2, 0) is 20.7 Å². The van der Waals surface area contributed by atoms with Crippen LogP contribution in [0.15, 0.2) is 24.3 Å². The predicted molar refractivity (Wildman–Crippen MR) is 111 cm³/mol. The van der Waals surface area contributed by atoms with Gasteiger partial charge in [0.05, 0.1) is 12.0 Å². The largest absolute Gasteiger partial charge is 0.463 e. The van der Waals surface area contributed by atoms with Crippen LogP contribution >= 0.6 is 9.24 Å². The van der Waals surface area contributed by atoms with Crippen molar-refractivity contribution in [1.29, 1.82) is 0 Å². The lowest BCUT2D eigenvalue weighted by atomic mass is 10.0. The molecule has 2 atom stereocenters. The average Bonchev–Trinajstić information content (AvgIpc) is 2.49. The number of esters is 1. The van der Waals surface area contributed by atoms with Gasteiger partial charge in [-0.05, 0) is 46.6 Å². The van der Waals surface area contributed by atoms with Crippen LogP contribution in [0.3, 0.4) is 0 Å². The molecule has 150 valence electrons. The zero-order valence-electron chi connectivity index (χ0n) is 17.5. The van der Waals surface area contributed by atoms with E-state index in [1.807, 2.05) is 34.6 Å². The molecule has 1 amide bonds. The first-order valence-corrected chi connectivity index (χ1v) is 9.51. The minimum atomic E-state index is -0.745. The molecule has 0 bridgehead atoms. The summed E-state index contributed by atoms with van der Waals surface area (Å²) in [5.41, 5.74) is 7.12. The maximum atomic E-state index is 11.6. The summed E-state index contributed by atoms with van der Waals surface area (Å²) in [6.07, 6.45) is -0.0378. The Morgan fingerprint density at radius 2 is 1.58 bits per heavy atom. The first-order valence-electron chi connectivity index (χ1n) is 8.94. The Morgan fingerprint density at radius 1 is 1.12 bits per heavy atom. The fraction of sp³-hybridized carbons (Fsp3) is 0.600. The first-order chi connectivity index (χ1) is 11.9. The van der Waals surface area contributed by atoms with E-state index in [9.17, 15) is 9.59 Å². The lowest BCUT2D eigenvalue weighted by molar-refractivity contribution is -0.151. The summed E-state index contributed by atoms with van der Waals surface area (Å²) in [5.74, 6) is -0.194. The lowest BCUT2D eigenvalue weighted by Crippen LogP contribution is -2.24. The molecule has 2 N–H and O–H groups in total. The van der Waals surface area contributed by atoms with Gasteiger partial charge in [0.25, 0.3) is 0 Å². The Bertz CT molecular complexity index is 522. The minimum absolute atomic E-state index is 0.0343. The molecule has 0 saturated heterocycles. The molecule has 0 radical (unpaired) electrons. The van der Waals surface area contributed by atoms with Crippen molar-refractivity contribution in [3.8, 4) is 0 Å². The van der Waals surface area contributed by atoms with Gasteiger partial charge in [-0.15, -0.1) is 0 Å². The van der Waals surface area contributed by atoms with Crippen molar-refractivity contribution in [2.75, 3.05) is 0 Å². The summed E-state index contributed by atoms with van der Waals surface area (Å²) in [5, 5.41) is -0.536. The van der Waals surface area contributed by atoms with E-state index in [1.54, 1.807) is 13.8 Å². The van der Waals surface area contributed by atoms with Crippen LogP contribution in [0.1, 0.15) is 59.6 Å². The van der Waals surface area contributed by atoms with Crippen molar-refractivity contribution in [2.45, 2.75) is 73.3 Å². The highest BCUT2D eigenvalue weighted by Gasteiger charge is 2.16. The first kappa shape index (κ1) is 26.6. The molecule has 0 aromatic heterocycles. The zero-order chi connectivity index (χ0) is 20.9. The zero-order valence-corrected chi connectivity index (χ0v) is 18.6. The number of benzene rings is 1. The summed E-state index contributed by atoms with van der Waals surface area (Å²) >= 11 is 0. The van der Waals surface area contributed by atoms with Crippen molar-refractivity contribution in [2.24, 2.45) is 11.7 Å². The second-order valence-corrected chi connectivity index (χ2v) is 7.99. The highest BCUT2D eigenvalue weighted by atomic mass is 31.0. The van der Waals surface area contributed by atoms with E-state index in [0.717, 1.165) is 6.42 Å². The van der Waals surface area contributed by atoms with Gasteiger partial charge in [0, 0.05) is 0 Å². The quantitative estimate of drug-likeness (QED) is 0.581. The lowest BCUT2D eigenvalue weighted by Gasteiger charge is -2.16. The fourth-order valence-corrected chi connectivity index (χ4v) is 1.88. The van der Waals surface area contributed by atoms with Crippen LogP contribution < -0.4 is 5.73 Å². The van der Waals surface area contributed by atoms with Gasteiger partial charge in [0.15, 0.2) is 0 Å². The predicted octanol–water partition coefficient (Wildman–Crippen LogP) is 4.84. The third-order valence-corrected chi connectivity index (χ3v) is 2.90. The Kier molecular flexibility index (Phi) is 13.9. The number of nitrogens with two attached hydrogens (primary N) is 1. The van der Waals surface area contributed by atoms with Crippen LogP contribution in [0.5, 0.6) is 0 Å². The summed E-state index contributed by atoms with van der Waals surface area (Å²) in [4.78, 5) is 21.6. The number of amides is 1. The Labute approximate surface area is 161 Å². The smallest absolute Gasteiger partial charge is 0.405 e. The highest BCUT2D eigenvalue weighted by molar-refractivity contribution is 7.18. The molecule has 0 spiro atoms. The second kappa shape index (κ2) is 13.6. The number of rotatable bonds is 5. The van der Waals surface area contributed by atoms with Gasteiger partial charge in [0.2, 0.25) is 0 Å². The molecule has 26 heavy (non-hydrogen) atoms. The summed E-state index contributed by atoms with van der Waals surface area (Å²) in [6, 6.07) is 8.26. The Balaban J connectivity index is 0. The van der Waals surface area contributed by atoms with E-state index in [4.69, 9.17) is 10.5 Å². The van der Waals surface area contributed by atoms with Crippen molar-refractivity contribution in [1.82, 2.24) is 0 Å². The van der Waals surface area contributed by atoms with Crippen LogP contribution in [-0.4, -0.2) is 23.5 Å². The fourth-order valence-electron chi connectivity index (χ4n) is 1.77. The normalized spacial score (nSPS) is 11.3. The van der Waals surface area contributed by atoms with Crippen LogP contribution in [0.4, 0.5) is 4.79 Å². The van der Waals surface area contributed by atoms with Gasteiger partial charge in [-0.2, -0.15) is 0 Å². The number of ether oxygens (including phenoxy) is 2. The van der Waals surface area contributed by atoms with Crippen molar-refractivity contribution >= 4 is 21.3 Å². The van der Waals surface area contributed by atoms with Gasteiger partial charge in [-0.25, -0.2) is 4.79 Å². The molecule has 1 aromatic carbocycles. The van der Waals surface area contributed by atoms with E-state index in [1.165, 1.54) is 11.1 Å². The third kappa shape index (κ3) is 15.9. The van der Waals surface area contributed by atoms with E-state index in [-0.39, 0.29) is 18.0 Å². The Hall–Kier alpha value is -1.61. The monoisotopic (exact) mass is 385 g/mol. The summed E-state index contributed by atoms with van der Waals surface area (Å²) in [6.45, 7) is 15.2. The molecular formula is C20H36NO4P. The molecular weight excluding hydrogens is 349 g/mol. The van der Waals surface area contributed by atoms with E-state index >= 15 is 0 Å². The van der Waals surface area contributed by atoms with Crippen LogP contribution in [0.2, 0.25) is 0 Å². The number of carbonyl (C=O) groups is 2. The number of aryl methyl sites for hydroxylation is 1. The van der Waals surface area contributed by atoms with E-state index in [2.05, 4.69) is 45.2 Å². The molecule has 0 heterocycles. The molecule has 0 aliphatic carbocycles. The molecule has 1 unspecified atom stereocenters.